The molecule has 0 aromatic carbocycles. The van der Waals surface area contributed by atoms with Crippen LogP contribution in [-0.2, 0) is 11.3 Å². The fraction of sp³-hybridized carbons (Fsp3) is 0.467. The summed E-state index contributed by atoms with van der Waals surface area (Å²) in [4.78, 5) is 10.9. The smallest absolute Gasteiger partial charge is 0.123 e. The second-order valence-corrected chi connectivity index (χ2v) is 5.25. The Labute approximate surface area is 124 Å². The minimum Gasteiger partial charge on any atom is -0.384 e. The molecule has 6 heteroatoms. The fourth-order valence-electron chi connectivity index (χ4n) is 2.59. The molecule has 0 aliphatic carbocycles. The third-order valence-corrected chi connectivity index (χ3v) is 3.77. The second kappa shape index (κ2) is 6.69. The molecule has 0 bridgehead atoms. The molecule has 0 saturated carbocycles. The molecule has 0 radical (unpaired) electrons. The van der Waals surface area contributed by atoms with Crippen molar-refractivity contribution in [3.05, 3.63) is 30.9 Å². The van der Waals surface area contributed by atoms with Crippen LogP contribution in [0.2, 0.25) is 0 Å². The number of hydrogen-bond acceptors (Lipinski definition) is 5. The first kappa shape index (κ1) is 14.0. The third-order valence-electron chi connectivity index (χ3n) is 3.77. The van der Waals surface area contributed by atoms with E-state index in [-0.39, 0.29) is 0 Å². The predicted molar refractivity (Wildman–Crippen MR) is 81.7 cm³/mol. The van der Waals surface area contributed by atoms with Gasteiger partial charge >= 0.3 is 0 Å². The maximum atomic E-state index is 5.63. The van der Waals surface area contributed by atoms with Crippen molar-refractivity contribution in [2.45, 2.75) is 13.0 Å². The second-order valence-electron chi connectivity index (χ2n) is 5.25. The van der Waals surface area contributed by atoms with Gasteiger partial charge in [0.15, 0.2) is 0 Å². The van der Waals surface area contributed by atoms with Crippen molar-refractivity contribution in [3.63, 3.8) is 0 Å². The van der Waals surface area contributed by atoms with E-state index in [1.54, 1.807) is 6.20 Å². The fourth-order valence-corrected chi connectivity index (χ4v) is 2.59. The van der Waals surface area contributed by atoms with Crippen molar-refractivity contribution < 1.29 is 4.74 Å². The molecular weight excluding hydrogens is 266 g/mol. The molecule has 1 aliphatic heterocycles. The Morgan fingerprint density at radius 3 is 2.76 bits per heavy atom. The summed E-state index contributed by atoms with van der Waals surface area (Å²) in [7, 11) is 0. The SMILES string of the molecule is Nc1ccc(-c2cncn2CCCN2CCOCC2)cn1. The molecular formula is C15H21N5O. The Kier molecular flexibility index (Phi) is 4.47. The van der Waals surface area contributed by atoms with Crippen molar-refractivity contribution in [2.24, 2.45) is 0 Å². The maximum Gasteiger partial charge on any atom is 0.123 e. The van der Waals surface area contributed by atoms with Crippen LogP contribution in [0.5, 0.6) is 0 Å². The van der Waals surface area contributed by atoms with Gasteiger partial charge in [0.2, 0.25) is 0 Å². The number of anilines is 1. The molecule has 0 unspecified atom stereocenters. The van der Waals surface area contributed by atoms with Crippen LogP contribution in [0.15, 0.2) is 30.9 Å². The number of aryl methyl sites for hydroxylation is 1. The number of nitrogen functional groups attached to an aromatic ring is 1. The van der Waals surface area contributed by atoms with Crippen LogP contribution >= 0.6 is 0 Å². The molecule has 0 amide bonds. The van der Waals surface area contributed by atoms with Gasteiger partial charge in [-0.2, -0.15) is 0 Å². The Hall–Kier alpha value is -1.92. The number of imidazole rings is 1. The normalized spacial score (nSPS) is 16.2. The van der Waals surface area contributed by atoms with Crippen molar-refractivity contribution in [1.82, 2.24) is 19.4 Å². The van der Waals surface area contributed by atoms with E-state index in [9.17, 15) is 0 Å². The lowest BCUT2D eigenvalue weighted by Gasteiger charge is -2.26. The standard InChI is InChI=1S/C15H21N5O/c16-15-3-2-13(10-18-15)14-11-17-12-20(14)5-1-4-19-6-8-21-9-7-19/h2-3,10-12H,1,4-9H2,(H2,16,18). The highest BCUT2D eigenvalue weighted by Gasteiger charge is 2.10. The van der Waals surface area contributed by atoms with Gasteiger partial charge in [-0.25, -0.2) is 9.97 Å². The van der Waals surface area contributed by atoms with Gasteiger partial charge in [-0.1, -0.05) is 0 Å². The summed E-state index contributed by atoms with van der Waals surface area (Å²) in [5, 5.41) is 0. The molecule has 0 atom stereocenters. The van der Waals surface area contributed by atoms with Gasteiger partial charge in [0.05, 0.1) is 31.4 Å². The summed E-state index contributed by atoms with van der Waals surface area (Å²) in [6.45, 7) is 5.84. The van der Waals surface area contributed by atoms with Crippen molar-refractivity contribution in [1.29, 1.82) is 0 Å². The van der Waals surface area contributed by atoms with Gasteiger partial charge in [-0.05, 0) is 18.6 Å². The summed E-state index contributed by atoms with van der Waals surface area (Å²) < 4.78 is 7.54. The highest BCUT2D eigenvalue weighted by molar-refractivity contribution is 5.59. The largest absolute Gasteiger partial charge is 0.384 e. The van der Waals surface area contributed by atoms with Crippen LogP contribution < -0.4 is 5.73 Å². The topological polar surface area (TPSA) is 69.2 Å². The molecule has 3 heterocycles. The quantitative estimate of drug-likeness (QED) is 0.896. The lowest BCUT2D eigenvalue weighted by atomic mass is 10.2. The number of aromatic nitrogens is 3. The van der Waals surface area contributed by atoms with E-state index < -0.39 is 0 Å². The van der Waals surface area contributed by atoms with E-state index in [2.05, 4.69) is 19.4 Å². The third kappa shape index (κ3) is 3.59. The Balaban J connectivity index is 1.59. The predicted octanol–water partition coefficient (Wildman–Crippen LogP) is 1.25. The average molecular weight is 287 g/mol. The van der Waals surface area contributed by atoms with Crippen LogP contribution in [0.1, 0.15) is 6.42 Å². The molecule has 21 heavy (non-hydrogen) atoms. The number of morpholine rings is 1. The molecule has 3 rings (SSSR count). The first-order chi connectivity index (χ1) is 10.3. The first-order valence-electron chi connectivity index (χ1n) is 7.35. The van der Waals surface area contributed by atoms with Gasteiger partial charge in [0, 0.05) is 37.9 Å². The Morgan fingerprint density at radius 1 is 1.14 bits per heavy atom. The number of ether oxygens (including phenoxy) is 1. The number of nitrogens with two attached hydrogens (primary N) is 1. The summed E-state index contributed by atoms with van der Waals surface area (Å²) >= 11 is 0. The van der Waals surface area contributed by atoms with E-state index in [1.165, 1.54) is 0 Å². The van der Waals surface area contributed by atoms with E-state index >= 15 is 0 Å². The van der Waals surface area contributed by atoms with E-state index in [0.717, 1.165) is 57.1 Å². The summed E-state index contributed by atoms with van der Waals surface area (Å²) in [6, 6.07) is 3.80. The zero-order chi connectivity index (χ0) is 14.5. The van der Waals surface area contributed by atoms with Gasteiger partial charge in [0.25, 0.3) is 0 Å². The molecule has 2 N–H and O–H groups in total. The molecule has 1 saturated heterocycles. The molecule has 2 aromatic heterocycles. The monoisotopic (exact) mass is 287 g/mol. The summed E-state index contributed by atoms with van der Waals surface area (Å²) in [5.74, 6) is 0.539. The molecule has 1 fully saturated rings. The summed E-state index contributed by atoms with van der Waals surface area (Å²) in [5.41, 5.74) is 7.77. The van der Waals surface area contributed by atoms with Crippen molar-refractivity contribution in [2.75, 3.05) is 38.6 Å². The van der Waals surface area contributed by atoms with E-state index in [4.69, 9.17) is 10.5 Å². The Bertz CT molecular complexity index is 560. The molecule has 1 aliphatic rings. The highest BCUT2D eigenvalue weighted by atomic mass is 16.5. The van der Waals surface area contributed by atoms with Crippen LogP contribution in [0.3, 0.4) is 0 Å². The Morgan fingerprint density at radius 2 is 2.00 bits per heavy atom. The first-order valence-corrected chi connectivity index (χ1v) is 7.35. The minimum absolute atomic E-state index is 0.539. The maximum absolute atomic E-state index is 5.63. The van der Waals surface area contributed by atoms with Crippen molar-refractivity contribution >= 4 is 5.82 Å². The molecule has 6 nitrogen and oxygen atoms in total. The number of nitrogens with zero attached hydrogens (tertiary/aromatic N) is 4. The van der Waals surface area contributed by atoms with Crippen molar-refractivity contribution in [3.8, 4) is 11.3 Å². The average Bonchev–Trinajstić information content (AvgIpc) is 2.98. The van der Waals surface area contributed by atoms with E-state index in [0.29, 0.717) is 5.82 Å². The lowest BCUT2D eigenvalue weighted by Crippen LogP contribution is -2.37. The van der Waals surface area contributed by atoms with Gasteiger partial charge in [0.1, 0.15) is 5.82 Å². The number of rotatable bonds is 5. The van der Waals surface area contributed by atoms with Crippen LogP contribution in [0.4, 0.5) is 5.82 Å². The van der Waals surface area contributed by atoms with Crippen LogP contribution in [-0.4, -0.2) is 52.3 Å². The van der Waals surface area contributed by atoms with Crippen LogP contribution in [0.25, 0.3) is 11.3 Å². The van der Waals surface area contributed by atoms with Crippen LogP contribution in [0, 0.1) is 0 Å². The van der Waals surface area contributed by atoms with Gasteiger partial charge < -0.3 is 15.0 Å². The summed E-state index contributed by atoms with van der Waals surface area (Å²) in [6.07, 6.45) is 6.66. The highest BCUT2D eigenvalue weighted by Crippen LogP contribution is 2.19. The molecule has 2 aromatic rings. The molecule has 0 spiro atoms. The lowest BCUT2D eigenvalue weighted by molar-refractivity contribution is 0.0369. The number of pyridine rings is 1. The molecule has 112 valence electrons. The zero-order valence-electron chi connectivity index (χ0n) is 12.1. The number of hydrogen-bond donors (Lipinski definition) is 1. The van der Waals surface area contributed by atoms with Gasteiger partial charge in [-0.15, -0.1) is 0 Å². The zero-order valence-corrected chi connectivity index (χ0v) is 12.1. The van der Waals surface area contributed by atoms with Gasteiger partial charge in [-0.3, -0.25) is 4.90 Å². The minimum atomic E-state index is 0.539. The van der Waals surface area contributed by atoms with E-state index in [1.807, 2.05) is 24.7 Å².